The molecular weight excluding hydrogens is 350 g/mol. The Morgan fingerprint density at radius 1 is 0.704 bits per heavy atom. The average molecular weight is 363 g/mol. The molecule has 3 aromatic carbocycles. The molecule has 0 saturated carbocycles. The van der Waals surface area contributed by atoms with E-state index in [1.807, 2.05) is 30.6 Å². The van der Waals surface area contributed by atoms with Crippen LogP contribution in [0.3, 0.4) is 0 Å². The van der Waals surface area contributed by atoms with Crippen LogP contribution < -0.4 is 0 Å². The zero-order valence-electron chi connectivity index (χ0n) is 14.3. The molecule has 126 valence electrons. The van der Waals surface area contributed by atoms with Crippen LogP contribution in [-0.2, 0) is 0 Å². The summed E-state index contributed by atoms with van der Waals surface area (Å²) in [6.45, 7) is 0. The highest BCUT2D eigenvalue weighted by molar-refractivity contribution is 7.26. The Morgan fingerprint density at radius 2 is 1.56 bits per heavy atom. The van der Waals surface area contributed by atoms with E-state index < -0.39 is 0 Å². The van der Waals surface area contributed by atoms with Crippen LogP contribution in [0.4, 0.5) is 0 Å². The minimum Gasteiger partial charge on any atom is -0.253 e. The van der Waals surface area contributed by atoms with Gasteiger partial charge in [0.1, 0.15) is 11.4 Å². The number of hydrogen-bond donors (Lipinski definition) is 0. The van der Waals surface area contributed by atoms with Crippen molar-refractivity contribution in [2.75, 3.05) is 0 Å². The Kier molecular flexibility index (Phi) is 3.04. The van der Waals surface area contributed by atoms with Gasteiger partial charge in [-0.25, -0.2) is 4.98 Å². The fourth-order valence-electron chi connectivity index (χ4n) is 3.69. The van der Waals surface area contributed by atoms with Crippen LogP contribution in [0.15, 0.2) is 79.1 Å². The Balaban J connectivity index is 1.69. The molecule has 3 aromatic heterocycles. The molecule has 0 saturated heterocycles. The Bertz CT molecular complexity index is 1480. The Labute approximate surface area is 159 Å². The van der Waals surface area contributed by atoms with Gasteiger partial charge in [0.15, 0.2) is 0 Å². The monoisotopic (exact) mass is 363 g/mol. The number of nitrogens with zero attached hydrogens (tertiary/aromatic N) is 3. The standard InChI is InChI=1S/C23H13N3S/c1-2-6-15-14(5-1)9-10-18-21(15)26-19(13-25-18)22-23-17(11-12-24-22)16-7-3-4-8-20(16)27-23/h1-13H. The second-order valence-corrected chi connectivity index (χ2v) is 7.60. The third kappa shape index (κ3) is 2.17. The van der Waals surface area contributed by atoms with Crippen molar-refractivity contribution in [3.63, 3.8) is 0 Å². The number of thiophene rings is 1. The van der Waals surface area contributed by atoms with E-state index in [1.54, 1.807) is 11.3 Å². The molecule has 0 radical (unpaired) electrons. The van der Waals surface area contributed by atoms with E-state index in [-0.39, 0.29) is 0 Å². The van der Waals surface area contributed by atoms with Crippen molar-refractivity contribution in [3.05, 3.63) is 79.1 Å². The SMILES string of the molecule is c1ccc2c(c1)ccc1ncc(-c3nccc4c3sc3ccccc34)nc12. The van der Waals surface area contributed by atoms with E-state index in [9.17, 15) is 0 Å². The minimum atomic E-state index is 0.816. The lowest BCUT2D eigenvalue weighted by Gasteiger charge is -2.06. The molecule has 6 rings (SSSR count). The molecule has 0 bridgehead atoms. The highest BCUT2D eigenvalue weighted by atomic mass is 32.1. The molecule has 3 heterocycles. The van der Waals surface area contributed by atoms with E-state index in [1.165, 1.54) is 20.9 Å². The van der Waals surface area contributed by atoms with Gasteiger partial charge in [0.25, 0.3) is 0 Å². The van der Waals surface area contributed by atoms with Crippen LogP contribution >= 0.6 is 11.3 Å². The van der Waals surface area contributed by atoms with Crippen molar-refractivity contribution in [3.8, 4) is 11.4 Å². The summed E-state index contributed by atoms with van der Waals surface area (Å²) in [6, 6.07) is 23.0. The van der Waals surface area contributed by atoms with E-state index in [2.05, 4.69) is 58.5 Å². The average Bonchev–Trinajstić information content (AvgIpc) is 3.12. The van der Waals surface area contributed by atoms with E-state index >= 15 is 0 Å². The summed E-state index contributed by atoms with van der Waals surface area (Å²) in [5.74, 6) is 0. The van der Waals surface area contributed by atoms with Crippen molar-refractivity contribution < 1.29 is 0 Å². The number of pyridine rings is 1. The molecule has 0 N–H and O–H groups in total. The van der Waals surface area contributed by atoms with Gasteiger partial charge in [0.05, 0.1) is 21.9 Å². The molecule has 6 aromatic rings. The van der Waals surface area contributed by atoms with Crippen molar-refractivity contribution in [1.29, 1.82) is 0 Å². The summed E-state index contributed by atoms with van der Waals surface area (Å²) in [4.78, 5) is 14.3. The molecule has 0 unspecified atom stereocenters. The summed E-state index contributed by atoms with van der Waals surface area (Å²) >= 11 is 1.76. The molecule has 27 heavy (non-hydrogen) atoms. The van der Waals surface area contributed by atoms with Gasteiger partial charge >= 0.3 is 0 Å². The second kappa shape index (κ2) is 5.56. The summed E-state index contributed by atoms with van der Waals surface area (Å²) in [6.07, 6.45) is 3.70. The predicted octanol–water partition coefficient (Wildman–Crippen LogP) is 6.21. The van der Waals surface area contributed by atoms with Gasteiger partial charge in [-0.1, -0.05) is 48.5 Å². The smallest absolute Gasteiger partial charge is 0.109 e. The van der Waals surface area contributed by atoms with Crippen LogP contribution in [0.1, 0.15) is 0 Å². The molecule has 0 aliphatic carbocycles. The Morgan fingerprint density at radius 3 is 2.52 bits per heavy atom. The lowest BCUT2D eigenvalue weighted by atomic mass is 10.1. The molecular formula is C23H13N3S. The highest BCUT2D eigenvalue weighted by Gasteiger charge is 2.13. The van der Waals surface area contributed by atoms with E-state index in [0.29, 0.717) is 0 Å². The van der Waals surface area contributed by atoms with Gasteiger partial charge in [-0.05, 0) is 23.6 Å². The van der Waals surface area contributed by atoms with Crippen LogP contribution in [-0.4, -0.2) is 15.0 Å². The molecule has 0 atom stereocenters. The van der Waals surface area contributed by atoms with Crippen LogP contribution in [0.2, 0.25) is 0 Å². The zero-order valence-corrected chi connectivity index (χ0v) is 15.1. The van der Waals surface area contributed by atoms with E-state index in [0.717, 1.165) is 32.5 Å². The first kappa shape index (κ1) is 14.8. The number of aromatic nitrogens is 3. The maximum atomic E-state index is 4.98. The third-order valence-electron chi connectivity index (χ3n) is 4.97. The van der Waals surface area contributed by atoms with Gasteiger partial charge in [0, 0.05) is 27.1 Å². The number of fused-ring (bicyclic) bond motifs is 6. The molecule has 0 aliphatic rings. The minimum absolute atomic E-state index is 0.816. The van der Waals surface area contributed by atoms with Gasteiger partial charge in [-0.3, -0.25) is 9.97 Å². The molecule has 0 spiro atoms. The first-order chi connectivity index (χ1) is 13.4. The molecule has 4 heteroatoms. The molecule has 0 amide bonds. The number of rotatable bonds is 1. The van der Waals surface area contributed by atoms with Crippen molar-refractivity contribution >= 4 is 53.3 Å². The lowest BCUT2D eigenvalue weighted by molar-refractivity contribution is 1.26. The van der Waals surface area contributed by atoms with Crippen LogP contribution in [0.25, 0.3) is 53.4 Å². The number of hydrogen-bond acceptors (Lipinski definition) is 4. The summed E-state index contributed by atoms with van der Waals surface area (Å²) in [7, 11) is 0. The van der Waals surface area contributed by atoms with Gasteiger partial charge in [0.2, 0.25) is 0 Å². The predicted molar refractivity (Wildman–Crippen MR) is 113 cm³/mol. The van der Waals surface area contributed by atoms with Crippen LogP contribution in [0.5, 0.6) is 0 Å². The Hall–Kier alpha value is -3.37. The third-order valence-corrected chi connectivity index (χ3v) is 6.17. The van der Waals surface area contributed by atoms with Crippen molar-refractivity contribution in [2.45, 2.75) is 0 Å². The molecule has 3 nitrogen and oxygen atoms in total. The quantitative estimate of drug-likeness (QED) is 0.326. The summed E-state index contributed by atoms with van der Waals surface area (Å²) in [5, 5.41) is 4.78. The normalized spacial score (nSPS) is 11.7. The summed E-state index contributed by atoms with van der Waals surface area (Å²) < 4.78 is 2.42. The van der Waals surface area contributed by atoms with Gasteiger partial charge < -0.3 is 0 Å². The molecule has 0 fully saturated rings. The van der Waals surface area contributed by atoms with Crippen molar-refractivity contribution in [2.24, 2.45) is 0 Å². The fraction of sp³-hybridized carbons (Fsp3) is 0. The maximum absolute atomic E-state index is 4.98. The van der Waals surface area contributed by atoms with Crippen molar-refractivity contribution in [1.82, 2.24) is 15.0 Å². The lowest BCUT2D eigenvalue weighted by Crippen LogP contribution is -1.92. The topological polar surface area (TPSA) is 38.7 Å². The fourth-order valence-corrected chi connectivity index (χ4v) is 4.89. The van der Waals surface area contributed by atoms with Gasteiger partial charge in [-0.15, -0.1) is 11.3 Å². The molecule has 0 aliphatic heterocycles. The zero-order chi connectivity index (χ0) is 17.8. The second-order valence-electron chi connectivity index (χ2n) is 6.54. The maximum Gasteiger partial charge on any atom is 0.109 e. The van der Waals surface area contributed by atoms with E-state index in [4.69, 9.17) is 4.98 Å². The summed E-state index contributed by atoms with van der Waals surface area (Å²) in [5.41, 5.74) is 3.54. The highest BCUT2D eigenvalue weighted by Crippen LogP contribution is 2.38. The number of benzene rings is 3. The van der Waals surface area contributed by atoms with Crippen LogP contribution in [0, 0.1) is 0 Å². The van der Waals surface area contributed by atoms with Gasteiger partial charge in [-0.2, -0.15) is 0 Å². The first-order valence-electron chi connectivity index (χ1n) is 8.80. The largest absolute Gasteiger partial charge is 0.253 e. The first-order valence-corrected chi connectivity index (χ1v) is 9.61.